The molecule has 0 radical (unpaired) electrons. The van der Waals surface area contributed by atoms with Gasteiger partial charge in [-0.05, 0) is 43.7 Å². The Bertz CT molecular complexity index is 646. The van der Waals surface area contributed by atoms with E-state index in [1.54, 1.807) is 12.1 Å². The normalized spacial score (nSPS) is 21.1. The van der Waals surface area contributed by atoms with E-state index < -0.39 is 0 Å². The van der Waals surface area contributed by atoms with Crippen molar-refractivity contribution in [3.8, 4) is 11.5 Å². The molecule has 2 aromatic heterocycles. The molecule has 2 aromatic rings. The van der Waals surface area contributed by atoms with E-state index in [-0.39, 0.29) is 0 Å². The molecule has 0 aromatic carbocycles. The Balaban J connectivity index is 1.60. The summed E-state index contributed by atoms with van der Waals surface area (Å²) < 4.78 is 5.41. The number of nitrogens with zero attached hydrogens (tertiary/aromatic N) is 3. The maximum Gasteiger partial charge on any atom is 0.258 e. The minimum absolute atomic E-state index is 0.324. The summed E-state index contributed by atoms with van der Waals surface area (Å²) in [7, 11) is 0. The van der Waals surface area contributed by atoms with Crippen molar-refractivity contribution in [2.24, 2.45) is 5.92 Å². The SMILES string of the molecule is CCCCCC1CCC(c2noc(-c3cc(Cl)nc(Cl)c3)n2)CC1. The predicted molar refractivity (Wildman–Crippen MR) is 96.4 cm³/mol. The second-order valence-corrected chi connectivity index (χ2v) is 7.45. The highest BCUT2D eigenvalue weighted by Crippen LogP contribution is 2.37. The molecule has 0 N–H and O–H groups in total. The Labute approximate surface area is 153 Å². The highest BCUT2D eigenvalue weighted by atomic mass is 35.5. The van der Waals surface area contributed by atoms with Gasteiger partial charge < -0.3 is 4.52 Å². The molecule has 6 heteroatoms. The van der Waals surface area contributed by atoms with Gasteiger partial charge in [0.05, 0.1) is 0 Å². The number of rotatable bonds is 6. The molecule has 0 aliphatic heterocycles. The highest BCUT2D eigenvalue weighted by Gasteiger charge is 2.26. The van der Waals surface area contributed by atoms with Crippen LogP contribution >= 0.6 is 23.2 Å². The molecule has 0 saturated heterocycles. The number of aromatic nitrogens is 3. The summed E-state index contributed by atoms with van der Waals surface area (Å²) in [6, 6.07) is 3.38. The van der Waals surface area contributed by atoms with Crippen LogP contribution in [0, 0.1) is 5.92 Å². The van der Waals surface area contributed by atoms with Crippen LogP contribution in [-0.2, 0) is 0 Å². The molecule has 0 unspecified atom stereocenters. The van der Waals surface area contributed by atoms with Gasteiger partial charge >= 0.3 is 0 Å². The first-order chi connectivity index (χ1) is 11.7. The van der Waals surface area contributed by atoms with Crippen LogP contribution in [0.15, 0.2) is 16.7 Å². The van der Waals surface area contributed by atoms with Crippen molar-refractivity contribution in [3.63, 3.8) is 0 Å². The zero-order valence-electron chi connectivity index (χ0n) is 14.0. The smallest absolute Gasteiger partial charge is 0.258 e. The Kier molecular flexibility index (Phi) is 6.12. The Morgan fingerprint density at radius 2 is 1.75 bits per heavy atom. The van der Waals surface area contributed by atoms with Gasteiger partial charge in [-0.15, -0.1) is 0 Å². The van der Waals surface area contributed by atoms with Crippen LogP contribution in [0.5, 0.6) is 0 Å². The third-order valence-corrected chi connectivity index (χ3v) is 5.27. The van der Waals surface area contributed by atoms with Crippen molar-refractivity contribution in [2.75, 3.05) is 0 Å². The molecule has 1 fully saturated rings. The molecule has 0 atom stereocenters. The summed E-state index contributed by atoms with van der Waals surface area (Å²) in [5.41, 5.74) is 0.715. The third-order valence-electron chi connectivity index (χ3n) is 4.88. The largest absolute Gasteiger partial charge is 0.334 e. The fraction of sp³-hybridized carbons (Fsp3) is 0.611. The van der Waals surface area contributed by atoms with Gasteiger partial charge in [-0.3, -0.25) is 0 Å². The number of halogens is 2. The standard InChI is InChI=1S/C18H23Cl2N3O/c1-2-3-4-5-12-6-8-13(9-7-12)17-22-18(24-23-17)14-10-15(19)21-16(20)11-14/h10-13H,2-9H2,1H3. The topological polar surface area (TPSA) is 51.8 Å². The highest BCUT2D eigenvalue weighted by molar-refractivity contribution is 6.32. The first-order valence-electron chi connectivity index (χ1n) is 8.82. The maximum absolute atomic E-state index is 5.94. The summed E-state index contributed by atoms with van der Waals surface area (Å²) in [4.78, 5) is 8.50. The van der Waals surface area contributed by atoms with Crippen molar-refractivity contribution < 1.29 is 4.52 Å². The van der Waals surface area contributed by atoms with Gasteiger partial charge in [0.15, 0.2) is 5.82 Å². The van der Waals surface area contributed by atoms with E-state index in [0.717, 1.165) is 24.6 Å². The van der Waals surface area contributed by atoms with Crippen LogP contribution in [0.2, 0.25) is 10.3 Å². The Morgan fingerprint density at radius 1 is 1.04 bits per heavy atom. The lowest BCUT2D eigenvalue weighted by Crippen LogP contribution is -2.14. The van der Waals surface area contributed by atoms with Crippen molar-refractivity contribution >= 4 is 23.2 Å². The second kappa shape index (κ2) is 8.30. The van der Waals surface area contributed by atoms with Gasteiger partial charge in [0.2, 0.25) is 0 Å². The molecule has 1 aliphatic rings. The van der Waals surface area contributed by atoms with E-state index in [1.807, 2.05) is 0 Å². The third kappa shape index (κ3) is 4.48. The zero-order chi connectivity index (χ0) is 16.9. The minimum atomic E-state index is 0.324. The van der Waals surface area contributed by atoms with Gasteiger partial charge in [0.25, 0.3) is 5.89 Å². The lowest BCUT2D eigenvalue weighted by Gasteiger charge is -2.26. The zero-order valence-corrected chi connectivity index (χ0v) is 15.5. The molecular formula is C18H23Cl2N3O. The lowest BCUT2D eigenvalue weighted by molar-refractivity contribution is 0.292. The molecule has 130 valence electrons. The second-order valence-electron chi connectivity index (χ2n) is 6.67. The lowest BCUT2D eigenvalue weighted by atomic mass is 9.79. The predicted octanol–water partition coefficient (Wildman–Crippen LogP) is 6.29. The molecule has 0 bridgehead atoms. The van der Waals surface area contributed by atoms with Crippen LogP contribution in [0.3, 0.4) is 0 Å². The van der Waals surface area contributed by atoms with E-state index in [0.29, 0.717) is 27.7 Å². The fourth-order valence-electron chi connectivity index (χ4n) is 3.50. The summed E-state index contributed by atoms with van der Waals surface area (Å²) in [5, 5.41) is 4.83. The van der Waals surface area contributed by atoms with Crippen LogP contribution in [0.4, 0.5) is 0 Å². The molecule has 3 rings (SSSR count). The van der Waals surface area contributed by atoms with Crippen LogP contribution in [-0.4, -0.2) is 15.1 Å². The molecule has 4 nitrogen and oxygen atoms in total. The number of hydrogen-bond acceptors (Lipinski definition) is 4. The average molecular weight is 368 g/mol. The fourth-order valence-corrected chi connectivity index (χ4v) is 3.96. The first kappa shape index (κ1) is 17.7. The van der Waals surface area contributed by atoms with Gasteiger partial charge in [-0.25, -0.2) is 4.98 Å². The maximum atomic E-state index is 5.94. The molecule has 1 aliphatic carbocycles. The number of hydrogen-bond donors (Lipinski definition) is 0. The molecule has 0 amide bonds. The Morgan fingerprint density at radius 3 is 2.42 bits per heavy atom. The van der Waals surface area contributed by atoms with Crippen molar-refractivity contribution in [2.45, 2.75) is 64.2 Å². The van der Waals surface area contributed by atoms with Crippen molar-refractivity contribution in [1.82, 2.24) is 15.1 Å². The van der Waals surface area contributed by atoms with Crippen molar-refractivity contribution in [1.29, 1.82) is 0 Å². The van der Waals surface area contributed by atoms with E-state index in [4.69, 9.17) is 27.7 Å². The van der Waals surface area contributed by atoms with E-state index in [2.05, 4.69) is 22.0 Å². The van der Waals surface area contributed by atoms with Crippen LogP contribution < -0.4 is 0 Å². The van der Waals surface area contributed by atoms with E-state index >= 15 is 0 Å². The first-order valence-corrected chi connectivity index (χ1v) is 9.58. The van der Waals surface area contributed by atoms with Gasteiger partial charge in [0.1, 0.15) is 10.3 Å². The minimum Gasteiger partial charge on any atom is -0.334 e. The van der Waals surface area contributed by atoms with E-state index in [9.17, 15) is 0 Å². The van der Waals surface area contributed by atoms with Crippen LogP contribution in [0.25, 0.3) is 11.5 Å². The summed E-state index contributed by atoms with van der Waals surface area (Å²) in [5.74, 6) is 2.54. The molecule has 0 spiro atoms. The van der Waals surface area contributed by atoms with Gasteiger partial charge in [-0.1, -0.05) is 61.0 Å². The average Bonchev–Trinajstić information content (AvgIpc) is 3.05. The summed E-state index contributed by atoms with van der Waals surface area (Å²) in [6.07, 6.45) is 10.2. The molecular weight excluding hydrogens is 345 g/mol. The molecule has 1 saturated carbocycles. The van der Waals surface area contributed by atoms with Crippen molar-refractivity contribution in [3.05, 3.63) is 28.3 Å². The number of unbranched alkanes of at least 4 members (excludes halogenated alkanes) is 2. The van der Waals surface area contributed by atoms with Gasteiger partial charge in [-0.2, -0.15) is 4.98 Å². The molecule has 2 heterocycles. The van der Waals surface area contributed by atoms with Gasteiger partial charge in [0, 0.05) is 11.5 Å². The number of pyridine rings is 1. The summed E-state index contributed by atoms with van der Waals surface area (Å²) in [6.45, 7) is 2.26. The van der Waals surface area contributed by atoms with E-state index in [1.165, 1.54) is 38.5 Å². The summed E-state index contributed by atoms with van der Waals surface area (Å²) >= 11 is 11.9. The molecule has 24 heavy (non-hydrogen) atoms. The quantitative estimate of drug-likeness (QED) is 0.444. The monoisotopic (exact) mass is 367 g/mol. The van der Waals surface area contributed by atoms with Crippen LogP contribution in [0.1, 0.15) is 70.0 Å². The Hall–Kier alpha value is -1.13.